The van der Waals surface area contributed by atoms with E-state index in [0.717, 1.165) is 24.1 Å². The van der Waals surface area contributed by atoms with Gasteiger partial charge < -0.3 is 5.11 Å². The lowest BCUT2D eigenvalue weighted by Crippen LogP contribution is -2.18. The maximum absolute atomic E-state index is 10.6. The highest BCUT2D eigenvalue weighted by molar-refractivity contribution is 5.36. The van der Waals surface area contributed by atoms with Gasteiger partial charge in [0, 0.05) is 17.3 Å². The van der Waals surface area contributed by atoms with E-state index in [2.05, 4.69) is 17.1 Å². The van der Waals surface area contributed by atoms with Crippen molar-refractivity contribution in [2.24, 2.45) is 0 Å². The summed E-state index contributed by atoms with van der Waals surface area (Å²) < 4.78 is 0. The summed E-state index contributed by atoms with van der Waals surface area (Å²) in [6, 6.07) is 14.2. The van der Waals surface area contributed by atoms with E-state index < -0.39 is 6.10 Å². The van der Waals surface area contributed by atoms with Gasteiger partial charge in [0.25, 0.3) is 0 Å². The number of benzene rings is 1. The Morgan fingerprint density at radius 3 is 2.39 bits per heavy atom. The topological polar surface area (TPSA) is 33.1 Å². The lowest BCUT2D eigenvalue weighted by molar-refractivity contribution is 0.132. The quantitative estimate of drug-likeness (QED) is 0.892. The van der Waals surface area contributed by atoms with Gasteiger partial charge in [-0.2, -0.15) is 0 Å². The molecule has 2 heteroatoms. The zero-order valence-electron chi connectivity index (χ0n) is 10.5. The molecule has 0 saturated heterocycles. The van der Waals surface area contributed by atoms with Crippen molar-refractivity contribution in [2.45, 2.75) is 31.3 Å². The third-order valence-electron chi connectivity index (χ3n) is 3.91. The van der Waals surface area contributed by atoms with E-state index >= 15 is 0 Å². The fraction of sp³-hybridized carbons (Fsp3) is 0.312. The van der Waals surface area contributed by atoms with Crippen molar-refractivity contribution in [3.05, 3.63) is 65.5 Å². The van der Waals surface area contributed by atoms with Gasteiger partial charge in [-0.1, -0.05) is 36.4 Å². The number of aliphatic hydroxyl groups is 1. The predicted molar refractivity (Wildman–Crippen MR) is 71.3 cm³/mol. The third kappa shape index (κ3) is 1.83. The SMILES string of the molecule is Cc1ccc(C(O)C2(c3ccccc3)CC2)cn1. The molecular weight excluding hydrogens is 222 g/mol. The van der Waals surface area contributed by atoms with Gasteiger partial charge in [0.15, 0.2) is 0 Å². The molecule has 0 spiro atoms. The summed E-state index contributed by atoms with van der Waals surface area (Å²) in [6.45, 7) is 1.96. The molecule has 1 heterocycles. The maximum atomic E-state index is 10.6. The number of hydrogen-bond donors (Lipinski definition) is 1. The van der Waals surface area contributed by atoms with Crippen molar-refractivity contribution in [3.8, 4) is 0 Å². The smallest absolute Gasteiger partial charge is 0.0901 e. The average Bonchev–Trinajstić information content (AvgIpc) is 3.21. The Morgan fingerprint density at radius 2 is 1.83 bits per heavy atom. The molecular formula is C16H17NO. The van der Waals surface area contributed by atoms with Gasteiger partial charge >= 0.3 is 0 Å². The van der Waals surface area contributed by atoms with Gasteiger partial charge in [0.1, 0.15) is 0 Å². The molecule has 1 aromatic carbocycles. The molecule has 3 rings (SSSR count). The van der Waals surface area contributed by atoms with Gasteiger partial charge in [-0.15, -0.1) is 0 Å². The van der Waals surface area contributed by atoms with Gasteiger partial charge in [-0.25, -0.2) is 0 Å². The Morgan fingerprint density at radius 1 is 1.11 bits per heavy atom. The predicted octanol–water partition coefficient (Wildman–Crippen LogP) is 3.16. The molecule has 1 aromatic heterocycles. The van der Waals surface area contributed by atoms with Crippen LogP contribution in [0, 0.1) is 6.92 Å². The molecule has 1 N–H and O–H groups in total. The maximum Gasteiger partial charge on any atom is 0.0901 e. The monoisotopic (exact) mass is 239 g/mol. The number of pyridine rings is 1. The first-order valence-electron chi connectivity index (χ1n) is 6.38. The second-order valence-electron chi connectivity index (χ2n) is 5.16. The van der Waals surface area contributed by atoms with E-state index in [1.54, 1.807) is 6.20 Å². The van der Waals surface area contributed by atoms with Crippen LogP contribution in [0.1, 0.15) is 35.8 Å². The minimum Gasteiger partial charge on any atom is -0.387 e. The Kier molecular flexibility index (Phi) is 2.67. The summed E-state index contributed by atoms with van der Waals surface area (Å²) in [4.78, 5) is 4.28. The molecule has 1 unspecified atom stereocenters. The summed E-state index contributed by atoms with van der Waals surface area (Å²) in [5.74, 6) is 0. The first kappa shape index (κ1) is 11.4. The number of hydrogen-bond acceptors (Lipinski definition) is 2. The fourth-order valence-corrected chi connectivity index (χ4v) is 2.58. The first-order chi connectivity index (χ1) is 8.72. The molecule has 1 aliphatic carbocycles. The zero-order valence-corrected chi connectivity index (χ0v) is 10.5. The van der Waals surface area contributed by atoms with E-state index in [-0.39, 0.29) is 5.41 Å². The van der Waals surface area contributed by atoms with E-state index in [1.807, 2.05) is 37.3 Å². The zero-order chi connectivity index (χ0) is 12.6. The number of rotatable bonds is 3. The van der Waals surface area contributed by atoms with Crippen LogP contribution in [-0.4, -0.2) is 10.1 Å². The second-order valence-corrected chi connectivity index (χ2v) is 5.16. The van der Waals surface area contributed by atoms with Crippen LogP contribution in [0.3, 0.4) is 0 Å². The van der Waals surface area contributed by atoms with Crippen LogP contribution < -0.4 is 0 Å². The normalized spacial score (nSPS) is 18.3. The van der Waals surface area contributed by atoms with Gasteiger partial charge in [0.2, 0.25) is 0 Å². The van der Waals surface area contributed by atoms with E-state index in [1.165, 1.54) is 5.56 Å². The Bertz CT molecular complexity index is 529. The van der Waals surface area contributed by atoms with E-state index in [9.17, 15) is 5.11 Å². The lowest BCUT2D eigenvalue weighted by Gasteiger charge is -2.23. The second kappa shape index (κ2) is 4.21. The third-order valence-corrected chi connectivity index (χ3v) is 3.91. The van der Waals surface area contributed by atoms with Crippen LogP contribution in [-0.2, 0) is 5.41 Å². The summed E-state index contributed by atoms with van der Waals surface area (Å²) in [5.41, 5.74) is 3.05. The highest BCUT2D eigenvalue weighted by Gasteiger charge is 2.50. The largest absolute Gasteiger partial charge is 0.387 e. The van der Waals surface area contributed by atoms with Crippen LogP contribution in [0.15, 0.2) is 48.7 Å². The van der Waals surface area contributed by atoms with Crippen molar-refractivity contribution in [1.29, 1.82) is 0 Å². The van der Waals surface area contributed by atoms with Crippen LogP contribution in [0.5, 0.6) is 0 Å². The molecule has 92 valence electrons. The van der Waals surface area contributed by atoms with Gasteiger partial charge in [-0.3, -0.25) is 4.98 Å². The van der Waals surface area contributed by atoms with Gasteiger partial charge in [0.05, 0.1) is 6.10 Å². The molecule has 0 aliphatic heterocycles. The summed E-state index contributed by atoms with van der Waals surface area (Å²) >= 11 is 0. The molecule has 0 bridgehead atoms. The van der Waals surface area contributed by atoms with Crippen LogP contribution in [0.4, 0.5) is 0 Å². The molecule has 2 nitrogen and oxygen atoms in total. The van der Waals surface area contributed by atoms with Crippen molar-refractivity contribution >= 4 is 0 Å². The number of aromatic nitrogens is 1. The van der Waals surface area contributed by atoms with Crippen molar-refractivity contribution in [2.75, 3.05) is 0 Å². The number of aliphatic hydroxyl groups excluding tert-OH is 1. The Balaban J connectivity index is 1.93. The minimum absolute atomic E-state index is 0.0851. The molecule has 0 amide bonds. The van der Waals surface area contributed by atoms with Crippen LogP contribution in [0.25, 0.3) is 0 Å². The lowest BCUT2D eigenvalue weighted by atomic mass is 9.86. The average molecular weight is 239 g/mol. The van der Waals surface area contributed by atoms with E-state index in [4.69, 9.17) is 0 Å². The van der Waals surface area contributed by atoms with Crippen molar-refractivity contribution < 1.29 is 5.11 Å². The number of nitrogens with zero attached hydrogens (tertiary/aromatic N) is 1. The summed E-state index contributed by atoms with van der Waals surface area (Å²) in [7, 11) is 0. The van der Waals surface area contributed by atoms with Crippen LogP contribution >= 0.6 is 0 Å². The fourth-order valence-electron chi connectivity index (χ4n) is 2.58. The van der Waals surface area contributed by atoms with E-state index in [0.29, 0.717) is 0 Å². The molecule has 1 saturated carbocycles. The molecule has 1 fully saturated rings. The highest BCUT2D eigenvalue weighted by Crippen LogP contribution is 2.56. The van der Waals surface area contributed by atoms with Gasteiger partial charge in [-0.05, 0) is 37.0 Å². The number of aryl methyl sites for hydroxylation is 1. The molecule has 1 atom stereocenters. The Labute approximate surface area is 107 Å². The summed E-state index contributed by atoms with van der Waals surface area (Å²) in [6.07, 6.45) is 3.44. The highest BCUT2D eigenvalue weighted by atomic mass is 16.3. The molecule has 0 radical (unpaired) electrons. The minimum atomic E-state index is -0.451. The van der Waals surface area contributed by atoms with Crippen LogP contribution in [0.2, 0.25) is 0 Å². The first-order valence-corrected chi connectivity index (χ1v) is 6.38. The molecule has 2 aromatic rings. The standard InChI is InChI=1S/C16H17NO/c1-12-7-8-13(11-17-12)15(18)16(9-10-16)14-5-3-2-4-6-14/h2-8,11,15,18H,9-10H2,1H3. The van der Waals surface area contributed by atoms with Crippen molar-refractivity contribution in [1.82, 2.24) is 4.98 Å². The van der Waals surface area contributed by atoms with Crippen molar-refractivity contribution in [3.63, 3.8) is 0 Å². The molecule has 1 aliphatic rings. The summed E-state index contributed by atoms with van der Waals surface area (Å²) in [5, 5.41) is 10.6. The molecule has 18 heavy (non-hydrogen) atoms. The Hall–Kier alpha value is -1.67.